The van der Waals surface area contributed by atoms with Crippen LogP contribution in [0.1, 0.15) is 6.42 Å². The number of rotatable bonds is 8. The summed E-state index contributed by atoms with van der Waals surface area (Å²) in [5.41, 5.74) is -0.457. The van der Waals surface area contributed by atoms with E-state index in [1.165, 1.54) is 14.2 Å². The average Bonchev–Trinajstić information content (AvgIpc) is 2.41. The molecule has 0 saturated heterocycles. The van der Waals surface area contributed by atoms with Crippen LogP contribution in [0, 0.1) is 10.1 Å². The van der Waals surface area contributed by atoms with Gasteiger partial charge in [-0.05, 0) is 0 Å². The van der Waals surface area contributed by atoms with E-state index in [0.717, 1.165) is 12.1 Å². The van der Waals surface area contributed by atoms with Crippen molar-refractivity contribution in [1.82, 2.24) is 0 Å². The maximum atomic E-state index is 11.5. The van der Waals surface area contributed by atoms with Crippen molar-refractivity contribution in [2.45, 2.75) is 11.3 Å². The van der Waals surface area contributed by atoms with Gasteiger partial charge >= 0.3 is 0 Å². The number of hydrogen-bond acceptors (Lipinski definition) is 7. The smallest absolute Gasteiger partial charge is 0.274 e. The second kappa shape index (κ2) is 7.20. The summed E-state index contributed by atoms with van der Waals surface area (Å²) in [5, 5.41) is 15.9. The molecule has 0 heterocycles. The molecule has 0 aliphatic heterocycles. The third-order valence-electron chi connectivity index (χ3n) is 2.48. The Morgan fingerprint density at radius 1 is 1.29 bits per heavy atom. The minimum absolute atomic E-state index is 0.0631. The fraction of sp³-hybridized carbons (Fsp3) is 0.455. The van der Waals surface area contributed by atoms with E-state index in [2.05, 4.69) is 0 Å². The number of benzene rings is 1. The number of methoxy groups -OCH3 is 2. The summed E-state index contributed by atoms with van der Waals surface area (Å²) < 4.78 is 38.2. The van der Waals surface area contributed by atoms with Crippen LogP contribution < -0.4 is 14.6 Å². The molecule has 1 rings (SSSR count). The van der Waals surface area contributed by atoms with Crippen molar-refractivity contribution in [2.75, 3.05) is 27.4 Å². The lowest BCUT2D eigenvalue weighted by molar-refractivity contribution is -0.385. The largest absolute Gasteiger partial charge is 0.492 e. The molecular formula is C11H16N2O7S. The topological polar surface area (TPSA) is 131 Å². The van der Waals surface area contributed by atoms with Gasteiger partial charge in [-0.25, -0.2) is 13.6 Å². The number of non-ortho nitro benzene ring substituents is 1. The van der Waals surface area contributed by atoms with Gasteiger partial charge < -0.3 is 14.2 Å². The summed E-state index contributed by atoms with van der Waals surface area (Å²) in [4.78, 5) is 9.62. The summed E-state index contributed by atoms with van der Waals surface area (Å²) in [6.45, 7) is 0.606. The maximum absolute atomic E-state index is 11.5. The molecular weight excluding hydrogens is 304 g/mol. The lowest BCUT2D eigenvalue weighted by Gasteiger charge is -2.13. The van der Waals surface area contributed by atoms with Crippen LogP contribution in [0.2, 0.25) is 0 Å². The van der Waals surface area contributed by atoms with Gasteiger partial charge in [0.25, 0.3) is 5.69 Å². The van der Waals surface area contributed by atoms with Gasteiger partial charge in [-0.1, -0.05) is 0 Å². The monoisotopic (exact) mass is 320 g/mol. The first-order valence-corrected chi connectivity index (χ1v) is 7.37. The molecule has 0 bridgehead atoms. The zero-order valence-corrected chi connectivity index (χ0v) is 12.4. The number of primary sulfonamides is 1. The molecule has 0 fully saturated rings. The molecule has 0 aromatic heterocycles. The highest BCUT2D eigenvalue weighted by atomic mass is 32.2. The Bertz CT molecular complexity index is 615. The summed E-state index contributed by atoms with van der Waals surface area (Å²) in [5.74, 6) is -0.229. The molecule has 0 atom stereocenters. The van der Waals surface area contributed by atoms with Gasteiger partial charge in [0, 0.05) is 26.2 Å². The zero-order chi connectivity index (χ0) is 16.0. The molecule has 2 N–H and O–H groups in total. The van der Waals surface area contributed by atoms with E-state index in [4.69, 9.17) is 19.3 Å². The maximum Gasteiger partial charge on any atom is 0.274 e. The van der Waals surface area contributed by atoms with Crippen LogP contribution in [0.5, 0.6) is 11.5 Å². The van der Waals surface area contributed by atoms with Crippen LogP contribution in [0.15, 0.2) is 17.0 Å². The van der Waals surface area contributed by atoms with Gasteiger partial charge in [-0.3, -0.25) is 10.1 Å². The van der Waals surface area contributed by atoms with Crippen LogP contribution >= 0.6 is 0 Å². The first-order valence-electron chi connectivity index (χ1n) is 5.82. The second-order valence-corrected chi connectivity index (χ2v) is 5.50. The van der Waals surface area contributed by atoms with Gasteiger partial charge in [0.2, 0.25) is 10.0 Å². The number of nitrogens with zero attached hydrogens (tertiary/aromatic N) is 1. The van der Waals surface area contributed by atoms with Crippen LogP contribution in [0.3, 0.4) is 0 Å². The third-order valence-corrected chi connectivity index (χ3v) is 3.39. The van der Waals surface area contributed by atoms with Crippen LogP contribution in [-0.4, -0.2) is 40.8 Å². The van der Waals surface area contributed by atoms with Crippen LogP contribution in [0.4, 0.5) is 5.69 Å². The van der Waals surface area contributed by atoms with Crippen molar-refractivity contribution in [3.8, 4) is 11.5 Å². The molecule has 0 amide bonds. The van der Waals surface area contributed by atoms with Crippen molar-refractivity contribution >= 4 is 15.7 Å². The lowest BCUT2D eigenvalue weighted by atomic mass is 10.2. The Labute approximate surface area is 121 Å². The molecule has 21 heavy (non-hydrogen) atoms. The summed E-state index contributed by atoms with van der Waals surface area (Å²) in [7, 11) is -1.45. The predicted octanol–water partition coefficient (Wildman–Crippen LogP) is 0.666. The highest BCUT2D eigenvalue weighted by Gasteiger charge is 2.25. The molecule has 1 aromatic carbocycles. The van der Waals surface area contributed by atoms with E-state index in [9.17, 15) is 18.5 Å². The van der Waals surface area contributed by atoms with Crippen molar-refractivity contribution < 1.29 is 27.6 Å². The second-order valence-electron chi connectivity index (χ2n) is 3.97. The van der Waals surface area contributed by atoms with E-state index in [1.807, 2.05) is 0 Å². The zero-order valence-electron chi connectivity index (χ0n) is 11.6. The van der Waals surface area contributed by atoms with E-state index in [1.54, 1.807) is 0 Å². The number of sulfonamides is 1. The molecule has 0 spiro atoms. The predicted molar refractivity (Wildman–Crippen MR) is 73.0 cm³/mol. The quantitative estimate of drug-likeness (QED) is 0.423. The summed E-state index contributed by atoms with van der Waals surface area (Å²) >= 11 is 0. The number of nitrogens with two attached hydrogens (primary N) is 1. The molecule has 0 saturated carbocycles. The SMILES string of the molecule is COCCCOc1cc([N+](=O)[O-])cc(S(N)(=O)=O)c1OC. The van der Waals surface area contributed by atoms with E-state index < -0.39 is 25.5 Å². The molecule has 0 unspecified atom stereocenters. The van der Waals surface area contributed by atoms with Gasteiger partial charge in [0.1, 0.15) is 4.90 Å². The highest BCUT2D eigenvalue weighted by molar-refractivity contribution is 7.89. The molecule has 0 aliphatic carbocycles. The minimum atomic E-state index is -4.19. The first kappa shape index (κ1) is 17.1. The van der Waals surface area contributed by atoms with Crippen LogP contribution in [0.25, 0.3) is 0 Å². The van der Waals surface area contributed by atoms with Crippen LogP contribution in [-0.2, 0) is 14.8 Å². The molecule has 9 nitrogen and oxygen atoms in total. The lowest BCUT2D eigenvalue weighted by Crippen LogP contribution is -2.15. The highest BCUT2D eigenvalue weighted by Crippen LogP contribution is 2.37. The fourth-order valence-corrected chi connectivity index (χ4v) is 2.30. The molecule has 10 heteroatoms. The van der Waals surface area contributed by atoms with E-state index in [-0.39, 0.29) is 18.1 Å². The molecule has 0 aliphatic rings. The Balaban J connectivity index is 3.26. The van der Waals surface area contributed by atoms with Gasteiger partial charge in [-0.2, -0.15) is 0 Å². The van der Waals surface area contributed by atoms with Gasteiger partial charge in [0.15, 0.2) is 11.5 Å². The van der Waals surface area contributed by atoms with Crippen molar-refractivity contribution in [2.24, 2.45) is 5.14 Å². The minimum Gasteiger partial charge on any atom is -0.492 e. The summed E-state index contributed by atoms with van der Waals surface area (Å²) in [6, 6.07) is 1.91. The Morgan fingerprint density at radius 3 is 2.43 bits per heavy atom. The fourth-order valence-electron chi connectivity index (χ4n) is 1.57. The third kappa shape index (κ3) is 4.55. The Kier molecular flexibility index (Phi) is 5.88. The van der Waals surface area contributed by atoms with Crippen molar-refractivity contribution in [3.63, 3.8) is 0 Å². The average molecular weight is 320 g/mol. The summed E-state index contributed by atoms with van der Waals surface area (Å²) in [6.07, 6.45) is 0.521. The number of nitro groups is 1. The first-order chi connectivity index (χ1) is 9.81. The Morgan fingerprint density at radius 2 is 1.95 bits per heavy atom. The normalized spacial score (nSPS) is 11.2. The number of hydrogen-bond donors (Lipinski definition) is 1. The standard InChI is InChI=1S/C11H16N2O7S/c1-18-4-3-5-20-9-6-8(13(14)15)7-10(11(9)19-2)21(12,16)17/h6-7H,3-5H2,1-2H3,(H2,12,16,17). The molecule has 118 valence electrons. The van der Waals surface area contributed by atoms with Gasteiger partial charge in [0.05, 0.1) is 24.7 Å². The Hall–Kier alpha value is -1.91. The van der Waals surface area contributed by atoms with E-state index >= 15 is 0 Å². The molecule has 1 aromatic rings. The van der Waals surface area contributed by atoms with Crippen molar-refractivity contribution in [3.05, 3.63) is 22.2 Å². The van der Waals surface area contributed by atoms with E-state index in [0.29, 0.717) is 13.0 Å². The molecule has 0 radical (unpaired) electrons. The number of ether oxygens (including phenoxy) is 3. The van der Waals surface area contributed by atoms with Crippen molar-refractivity contribution in [1.29, 1.82) is 0 Å². The van der Waals surface area contributed by atoms with Gasteiger partial charge in [-0.15, -0.1) is 0 Å². The number of nitro benzene ring substituents is 1.